The Hall–Kier alpha value is -2.14. The summed E-state index contributed by atoms with van der Waals surface area (Å²) in [4.78, 5) is 15.0. The van der Waals surface area contributed by atoms with E-state index in [2.05, 4.69) is 27.4 Å². The molecule has 5 nitrogen and oxygen atoms in total. The highest BCUT2D eigenvalue weighted by atomic mass is 16.1. The molecule has 1 saturated heterocycles. The first kappa shape index (κ1) is 17.7. The van der Waals surface area contributed by atoms with Crippen molar-refractivity contribution in [3.63, 3.8) is 0 Å². The minimum absolute atomic E-state index is 0.0164. The number of amides is 1. The van der Waals surface area contributed by atoms with E-state index >= 15 is 0 Å². The number of nitrogens with one attached hydrogen (secondary N) is 1. The maximum atomic E-state index is 12.6. The number of hydrogen-bond donors (Lipinski definition) is 1. The second-order valence-corrected chi connectivity index (χ2v) is 7.17. The van der Waals surface area contributed by atoms with Gasteiger partial charge in [0.15, 0.2) is 0 Å². The van der Waals surface area contributed by atoms with E-state index < -0.39 is 0 Å². The zero-order valence-electron chi connectivity index (χ0n) is 15.5. The van der Waals surface area contributed by atoms with Crippen LogP contribution < -0.4 is 5.32 Å². The van der Waals surface area contributed by atoms with E-state index in [1.165, 1.54) is 18.4 Å². The molecule has 1 aliphatic heterocycles. The van der Waals surface area contributed by atoms with E-state index in [9.17, 15) is 4.79 Å². The minimum atomic E-state index is -0.0164. The predicted molar refractivity (Wildman–Crippen MR) is 99.6 cm³/mol. The first-order chi connectivity index (χ1) is 12.0. The molecular weight excluding hydrogens is 312 g/mol. The maximum absolute atomic E-state index is 12.6. The molecule has 1 N–H and O–H groups in total. The molecular formula is C20H28N4O. The molecule has 0 saturated carbocycles. The summed E-state index contributed by atoms with van der Waals surface area (Å²) in [5.41, 5.74) is 4.06. The molecule has 3 rings (SSSR count). The fourth-order valence-electron chi connectivity index (χ4n) is 3.48. The van der Waals surface area contributed by atoms with E-state index in [-0.39, 0.29) is 11.9 Å². The topological polar surface area (TPSA) is 50.2 Å². The SMILES string of the molecule is Cc1cc(C)n(CC(C)NC(=O)c2cccc(CN3CCCC3)c2)n1. The maximum Gasteiger partial charge on any atom is 0.251 e. The Balaban J connectivity index is 1.59. The van der Waals surface area contributed by atoms with Gasteiger partial charge >= 0.3 is 0 Å². The Kier molecular flexibility index (Phi) is 5.53. The number of nitrogens with zero attached hydrogens (tertiary/aromatic N) is 3. The molecule has 2 aromatic rings. The zero-order chi connectivity index (χ0) is 17.8. The van der Waals surface area contributed by atoms with Gasteiger partial charge in [-0.25, -0.2) is 0 Å². The van der Waals surface area contributed by atoms with Crippen molar-refractivity contribution in [2.45, 2.75) is 52.7 Å². The van der Waals surface area contributed by atoms with Crippen LogP contribution in [0.15, 0.2) is 30.3 Å². The molecule has 1 atom stereocenters. The molecule has 1 amide bonds. The first-order valence-electron chi connectivity index (χ1n) is 9.14. The van der Waals surface area contributed by atoms with Gasteiger partial charge in [-0.2, -0.15) is 5.10 Å². The fourth-order valence-corrected chi connectivity index (χ4v) is 3.48. The molecule has 0 radical (unpaired) electrons. The summed E-state index contributed by atoms with van der Waals surface area (Å²) in [6.07, 6.45) is 2.56. The van der Waals surface area contributed by atoms with Crippen LogP contribution in [0, 0.1) is 13.8 Å². The summed E-state index contributed by atoms with van der Waals surface area (Å²) in [6.45, 7) is 9.98. The molecule has 0 bridgehead atoms. The average molecular weight is 340 g/mol. The van der Waals surface area contributed by atoms with Crippen LogP contribution in [0.4, 0.5) is 0 Å². The van der Waals surface area contributed by atoms with Crippen LogP contribution in [0.25, 0.3) is 0 Å². The smallest absolute Gasteiger partial charge is 0.251 e. The van der Waals surface area contributed by atoms with Crippen LogP contribution >= 0.6 is 0 Å². The van der Waals surface area contributed by atoms with E-state index in [4.69, 9.17) is 0 Å². The molecule has 0 aliphatic carbocycles. The highest BCUT2D eigenvalue weighted by molar-refractivity contribution is 5.94. The van der Waals surface area contributed by atoms with E-state index in [0.717, 1.165) is 36.6 Å². The quantitative estimate of drug-likeness (QED) is 0.880. The summed E-state index contributed by atoms with van der Waals surface area (Å²) in [5, 5.41) is 7.55. The third-order valence-electron chi connectivity index (χ3n) is 4.72. The van der Waals surface area contributed by atoms with Crippen LogP contribution in [0.1, 0.15) is 47.1 Å². The van der Waals surface area contributed by atoms with Gasteiger partial charge in [-0.05, 0) is 70.5 Å². The number of hydrogen-bond acceptors (Lipinski definition) is 3. The Morgan fingerprint density at radius 1 is 1.24 bits per heavy atom. The second kappa shape index (κ2) is 7.83. The third kappa shape index (κ3) is 4.69. The fraction of sp³-hybridized carbons (Fsp3) is 0.500. The van der Waals surface area contributed by atoms with E-state index in [1.807, 2.05) is 43.7 Å². The monoisotopic (exact) mass is 340 g/mol. The summed E-state index contributed by atoms with van der Waals surface area (Å²) < 4.78 is 1.95. The number of aryl methyl sites for hydroxylation is 2. The molecule has 134 valence electrons. The normalized spacial score (nSPS) is 16.1. The number of rotatable bonds is 6. The first-order valence-corrected chi connectivity index (χ1v) is 9.14. The summed E-state index contributed by atoms with van der Waals surface area (Å²) in [6, 6.07) is 10.1. The van der Waals surface area contributed by atoms with Gasteiger partial charge < -0.3 is 5.32 Å². The minimum Gasteiger partial charge on any atom is -0.348 e. The third-order valence-corrected chi connectivity index (χ3v) is 4.72. The van der Waals surface area contributed by atoms with Gasteiger partial charge in [0.2, 0.25) is 0 Å². The number of benzene rings is 1. The van der Waals surface area contributed by atoms with Gasteiger partial charge in [-0.1, -0.05) is 12.1 Å². The van der Waals surface area contributed by atoms with Gasteiger partial charge in [-0.3, -0.25) is 14.4 Å². The van der Waals surface area contributed by atoms with Crippen LogP contribution in [-0.4, -0.2) is 39.7 Å². The molecule has 2 heterocycles. The van der Waals surface area contributed by atoms with Gasteiger partial charge in [0.1, 0.15) is 0 Å². The summed E-state index contributed by atoms with van der Waals surface area (Å²) >= 11 is 0. The zero-order valence-corrected chi connectivity index (χ0v) is 15.5. The number of likely N-dealkylation sites (tertiary alicyclic amines) is 1. The standard InChI is InChI=1S/C20H28N4O/c1-15-11-17(3)24(22-15)13-16(2)21-20(25)19-8-6-7-18(12-19)14-23-9-4-5-10-23/h6-8,11-12,16H,4-5,9-10,13-14H2,1-3H3,(H,21,25). The van der Waals surface area contributed by atoms with Crippen LogP contribution in [0.5, 0.6) is 0 Å². The van der Waals surface area contributed by atoms with Crippen molar-refractivity contribution in [2.75, 3.05) is 13.1 Å². The van der Waals surface area contributed by atoms with Crippen molar-refractivity contribution >= 4 is 5.91 Å². The molecule has 0 spiro atoms. The van der Waals surface area contributed by atoms with E-state index in [0.29, 0.717) is 6.54 Å². The van der Waals surface area contributed by atoms with Crippen LogP contribution in [0.2, 0.25) is 0 Å². The number of carbonyl (C=O) groups is 1. The lowest BCUT2D eigenvalue weighted by Gasteiger charge is -2.17. The Morgan fingerprint density at radius 2 is 2.00 bits per heavy atom. The van der Waals surface area contributed by atoms with Crippen LogP contribution in [0.3, 0.4) is 0 Å². The highest BCUT2D eigenvalue weighted by Crippen LogP contribution is 2.14. The molecule has 1 aromatic heterocycles. The molecule has 25 heavy (non-hydrogen) atoms. The Bertz CT molecular complexity index is 731. The molecule has 1 fully saturated rings. The van der Waals surface area contributed by atoms with Crippen molar-refractivity contribution in [3.8, 4) is 0 Å². The molecule has 1 aliphatic rings. The van der Waals surface area contributed by atoms with Crippen molar-refractivity contribution < 1.29 is 4.79 Å². The van der Waals surface area contributed by atoms with E-state index in [1.54, 1.807) is 0 Å². The molecule has 5 heteroatoms. The molecule has 1 unspecified atom stereocenters. The summed E-state index contributed by atoms with van der Waals surface area (Å²) in [7, 11) is 0. The van der Waals surface area contributed by atoms with Crippen molar-refractivity contribution in [3.05, 3.63) is 52.8 Å². The second-order valence-electron chi connectivity index (χ2n) is 7.17. The van der Waals surface area contributed by atoms with Gasteiger partial charge in [-0.15, -0.1) is 0 Å². The van der Waals surface area contributed by atoms with Crippen LogP contribution in [-0.2, 0) is 13.1 Å². The van der Waals surface area contributed by atoms with Crippen molar-refractivity contribution in [1.82, 2.24) is 20.0 Å². The van der Waals surface area contributed by atoms with Crippen molar-refractivity contribution in [2.24, 2.45) is 0 Å². The lowest BCUT2D eigenvalue weighted by molar-refractivity contribution is 0.0935. The Morgan fingerprint density at radius 3 is 2.68 bits per heavy atom. The lowest BCUT2D eigenvalue weighted by atomic mass is 10.1. The lowest BCUT2D eigenvalue weighted by Crippen LogP contribution is -2.36. The van der Waals surface area contributed by atoms with Crippen molar-refractivity contribution in [1.29, 1.82) is 0 Å². The number of carbonyl (C=O) groups excluding carboxylic acids is 1. The van der Waals surface area contributed by atoms with Gasteiger partial charge in [0.05, 0.1) is 12.2 Å². The number of aromatic nitrogens is 2. The molecule has 1 aromatic carbocycles. The van der Waals surface area contributed by atoms with Gasteiger partial charge in [0.25, 0.3) is 5.91 Å². The Labute approximate surface area is 150 Å². The van der Waals surface area contributed by atoms with Gasteiger partial charge in [0, 0.05) is 23.8 Å². The predicted octanol–water partition coefficient (Wildman–Crippen LogP) is 2.91. The average Bonchev–Trinajstić information content (AvgIpc) is 3.17. The summed E-state index contributed by atoms with van der Waals surface area (Å²) in [5.74, 6) is -0.0164. The largest absolute Gasteiger partial charge is 0.348 e. The highest BCUT2D eigenvalue weighted by Gasteiger charge is 2.15.